The molecule has 0 aromatic carbocycles. The largest absolute Gasteiger partial charge is 0.462 e. The molecule has 0 amide bonds. The summed E-state index contributed by atoms with van der Waals surface area (Å²) in [5, 5.41) is 0. The molecule has 0 radical (unpaired) electrons. The zero-order valence-electron chi connectivity index (χ0n) is 17.2. The minimum absolute atomic E-state index is 0.249. The van der Waals surface area contributed by atoms with Crippen LogP contribution in [-0.2, 0) is 9.53 Å². The molecular formula is C23H35NO2. The molecule has 26 heavy (non-hydrogen) atoms. The van der Waals surface area contributed by atoms with Crippen molar-refractivity contribution in [1.82, 2.24) is 0 Å². The summed E-state index contributed by atoms with van der Waals surface area (Å²) in [6.07, 6.45) is 8.11. The molecule has 0 saturated heterocycles. The number of hydrogen-bond acceptors (Lipinski definition) is 3. The number of esters is 1. The summed E-state index contributed by atoms with van der Waals surface area (Å²) in [5.74, 6) is 0.133. The van der Waals surface area contributed by atoms with Gasteiger partial charge >= 0.3 is 5.97 Å². The van der Waals surface area contributed by atoms with Crippen LogP contribution in [0.5, 0.6) is 0 Å². The van der Waals surface area contributed by atoms with Gasteiger partial charge in [-0.1, -0.05) is 42.9 Å². The molecule has 0 heterocycles. The highest BCUT2D eigenvalue weighted by atomic mass is 16.5. The zero-order valence-corrected chi connectivity index (χ0v) is 17.2. The zero-order chi connectivity index (χ0) is 20.1. The van der Waals surface area contributed by atoms with Crippen molar-refractivity contribution in [3.05, 3.63) is 60.3 Å². The van der Waals surface area contributed by atoms with Crippen LogP contribution in [0.15, 0.2) is 60.3 Å². The van der Waals surface area contributed by atoms with Gasteiger partial charge in [-0.15, -0.1) is 13.2 Å². The lowest BCUT2D eigenvalue weighted by molar-refractivity contribution is -0.139. The molecule has 0 fully saturated rings. The van der Waals surface area contributed by atoms with Crippen LogP contribution in [-0.4, -0.2) is 18.1 Å². The molecular weight excluding hydrogens is 322 g/mol. The van der Waals surface area contributed by atoms with E-state index in [0.29, 0.717) is 17.9 Å². The van der Waals surface area contributed by atoms with Crippen molar-refractivity contribution < 1.29 is 9.53 Å². The maximum absolute atomic E-state index is 12.7. The Morgan fingerprint density at radius 3 is 2.46 bits per heavy atom. The van der Waals surface area contributed by atoms with Gasteiger partial charge in [0.1, 0.15) is 0 Å². The lowest BCUT2D eigenvalue weighted by Gasteiger charge is -2.43. The van der Waals surface area contributed by atoms with Crippen molar-refractivity contribution in [2.45, 2.75) is 59.4 Å². The topological polar surface area (TPSA) is 52.3 Å². The molecule has 0 spiro atoms. The van der Waals surface area contributed by atoms with Crippen LogP contribution in [0.3, 0.4) is 0 Å². The fraction of sp³-hybridized carbons (Fsp3) is 0.522. The van der Waals surface area contributed by atoms with Gasteiger partial charge in [0.05, 0.1) is 12.2 Å². The second-order valence-electron chi connectivity index (χ2n) is 7.69. The van der Waals surface area contributed by atoms with Crippen molar-refractivity contribution in [3.8, 4) is 0 Å². The Hall–Kier alpha value is -1.87. The summed E-state index contributed by atoms with van der Waals surface area (Å²) < 4.78 is 5.62. The Morgan fingerprint density at radius 1 is 1.38 bits per heavy atom. The molecule has 3 nitrogen and oxygen atoms in total. The van der Waals surface area contributed by atoms with Gasteiger partial charge in [0.2, 0.25) is 0 Å². The van der Waals surface area contributed by atoms with E-state index in [1.165, 1.54) is 5.57 Å². The fourth-order valence-electron chi connectivity index (χ4n) is 3.68. The van der Waals surface area contributed by atoms with Crippen molar-refractivity contribution in [2.75, 3.05) is 6.61 Å². The van der Waals surface area contributed by atoms with Gasteiger partial charge in [-0.25, -0.2) is 4.79 Å². The van der Waals surface area contributed by atoms with Crippen molar-refractivity contribution in [3.63, 3.8) is 0 Å². The van der Waals surface area contributed by atoms with E-state index in [0.717, 1.165) is 24.0 Å². The predicted molar refractivity (Wildman–Crippen MR) is 111 cm³/mol. The van der Waals surface area contributed by atoms with E-state index in [4.69, 9.17) is 10.5 Å². The Labute approximate surface area is 159 Å². The van der Waals surface area contributed by atoms with E-state index in [1.807, 2.05) is 20.8 Å². The highest BCUT2D eigenvalue weighted by Gasteiger charge is 2.42. The fourth-order valence-corrected chi connectivity index (χ4v) is 3.68. The minimum Gasteiger partial charge on any atom is -0.462 e. The first kappa shape index (κ1) is 22.2. The summed E-state index contributed by atoms with van der Waals surface area (Å²) in [6, 6.07) is 0. The molecule has 0 aliphatic heterocycles. The SMILES string of the molecule is C=CC(C)(N)C(C=C)(CCOC(=O)C1=CC(CC)CC(C)=C1C)C(=C)C. The van der Waals surface area contributed by atoms with Crippen molar-refractivity contribution >= 4 is 5.97 Å². The summed E-state index contributed by atoms with van der Waals surface area (Å²) in [4.78, 5) is 12.7. The maximum atomic E-state index is 12.7. The Morgan fingerprint density at radius 2 is 2.00 bits per heavy atom. The summed E-state index contributed by atoms with van der Waals surface area (Å²) >= 11 is 0. The van der Waals surface area contributed by atoms with Crippen molar-refractivity contribution in [1.29, 1.82) is 0 Å². The number of allylic oxidation sites excluding steroid dienone is 2. The van der Waals surface area contributed by atoms with Crippen LogP contribution in [0.1, 0.15) is 53.9 Å². The molecule has 2 N–H and O–H groups in total. The molecule has 0 saturated carbocycles. The van der Waals surface area contributed by atoms with Crippen LogP contribution >= 0.6 is 0 Å². The van der Waals surface area contributed by atoms with Gasteiger partial charge < -0.3 is 10.5 Å². The average Bonchev–Trinajstić information content (AvgIpc) is 2.60. The average molecular weight is 358 g/mol. The summed E-state index contributed by atoms with van der Waals surface area (Å²) in [5.41, 5.74) is 8.99. The molecule has 3 atom stereocenters. The highest BCUT2D eigenvalue weighted by molar-refractivity contribution is 5.93. The van der Waals surface area contributed by atoms with Crippen LogP contribution in [0.4, 0.5) is 0 Å². The molecule has 0 aromatic rings. The van der Waals surface area contributed by atoms with Crippen LogP contribution in [0.25, 0.3) is 0 Å². The lowest BCUT2D eigenvalue weighted by atomic mass is 9.65. The van der Waals surface area contributed by atoms with Crippen LogP contribution < -0.4 is 5.73 Å². The molecule has 3 unspecified atom stereocenters. The maximum Gasteiger partial charge on any atom is 0.338 e. The summed E-state index contributed by atoms with van der Waals surface area (Å²) in [6.45, 7) is 22.2. The Balaban J connectivity index is 2.93. The number of nitrogens with two attached hydrogens (primary N) is 1. The minimum atomic E-state index is -0.725. The molecule has 3 heteroatoms. The van der Waals surface area contributed by atoms with Gasteiger partial charge in [0, 0.05) is 11.0 Å². The number of carbonyl (C=O) groups excluding carboxylic acids is 1. The van der Waals surface area contributed by atoms with Gasteiger partial charge in [-0.3, -0.25) is 0 Å². The monoisotopic (exact) mass is 357 g/mol. The Kier molecular flexibility index (Phi) is 7.40. The molecule has 144 valence electrons. The van der Waals surface area contributed by atoms with E-state index in [1.54, 1.807) is 12.2 Å². The molecule has 0 bridgehead atoms. The van der Waals surface area contributed by atoms with E-state index < -0.39 is 11.0 Å². The van der Waals surface area contributed by atoms with Gasteiger partial charge in [-0.05, 0) is 58.4 Å². The van der Waals surface area contributed by atoms with Crippen LogP contribution in [0, 0.1) is 11.3 Å². The van der Waals surface area contributed by atoms with E-state index in [2.05, 4.69) is 39.7 Å². The first-order valence-electron chi connectivity index (χ1n) is 9.34. The molecule has 1 rings (SSSR count). The second kappa shape index (κ2) is 8.68. The van der Waals surface area contributed by atoms with Gasteiger partial charge in [-0.2, -0.15) is 0 Å². The predicted octanol–water partition coefficient (Wildman–Crippen LogP) is 5.26. The first-order chi connectivity index (χ1) is 12.1. The van der Waals surface area contributed by atoms with Crippen LogP contribution in [0.2, 0.25) is 0 Å². The molecule has 1 aliphatic carbocycles. The number of hydrogen-bond donors (Lipinski definition) is 1. The smallest absolute Gasteiger partial charge is 0.338 e. The van der Waals surface area contributed by atoms with Crippen molar-refractivity contribution in [2.24, 2.45) is 17.1 Å². The lowest BCUT2D eigenvalue weighted by Crippen LogP contribution is -2.51. The van der Waals surface area contributed by atoms with Gasteiger partial charge in [0.25, 0.3) is 0 Å². The number of ether oxygens (including phenoxy) is 1. The first-order valence-corrected chi connectivity index (χ1v) is 9.34. The number of rotatable bonds is 9. The van der Waals surface area contributed by atoms with E-state index >= 15 is 0 Å². The Bertz CT molecular complexity index is 651. The second-order valence-corrected chi connectivity index (χ2v) is 7.69. The van der Waals surface area contributed by atoms with E-state index in [9.17, 15) is 4.79 Å². The number of carbonyl (C=O) groups is 1. The molecule has 0 aromatic heterocycles. The standard InChI is InChI=1S/C23H35NO2/c1-9-19-14-17(6)18(7)20(15-19)21(25)26-13-12-23(11-3,16(4)5)22(8,24)10-2/h10-11,15,19H,2-4,9,12-14,24H2,1,5-8H3. The normalized spacial score (nSPS) is 21.9. The molecule has 1 aliphatic rings. The van der Waals surface area contributed by atoms with Gasteiger partial charge in [0.15, 0.2) is 0 Å². The quantitative estimate of drug-likeness (QED) is 0.452. The third-order valence-corrected chi connectivity index (χ3v) is 5.98. The third kappa shape index (κ3) is 4.27. The third-order valence-electron chi connectivity index (χ3n) is 5.98. The van der Waals surface area contributed by atoms with E-state index in [-0.39, 0.29) is 12.6 Å². The highest BCUT2D eigenvalue weighted by Crippen LogP contribution is 2.42. The summed E-state index contributed by atoms with van der Waals surface area (Å²) in [7, 11) is 0.